The first-order chi connectivity index (χ1) is 20.0. The molecular weight excluding hydrogens is 634 g/mol. The van der Waals surface area contributed by atoms with E-state index >= 15 is 0 Å². The fourth-order valence-corrected chi connectivity index (χ4v) is 5.98. The second-order valence-corrected chi connectivity index (χ2v) is 11.6. The maximum atomic E-state index is 14.7. The molecule has 1 saturated carbocycles. The number of phosphoric acid groups is 1. The molecule has 2 N–H and O–H groups in total. The second-order valence-electron chi connectivity index (χ2n) is 9.60. The van der Waals surface area contributed by atoms with E-state index in [0.717, 1.165) is 49.2 Å². The summed E-state index contributed by atoms with van der Waals surface area (Å²) in [6.45, 7) is 3.95. The minimum absolute atomic E-state index is 0. The van der Waals surface area contributed by atoms with Gasteiger partial charge in [-0.05, 0) is 51.7 Å². The third kappa shape index (κ3) is 8.49. The van der Waals surface area contributed by atoms with E-state index < -0.39 is 31.7 Å². The number of thiazole rings is 1. The van der Waals surface area contributed by atoms with Crippen LogP contribution in [0, 0.1) is 11.8 Å². The van der Waals surface area contributed by atoms with Gasteiger partial charge >= 0.3 is 51.4 Å². The number of ether oxygens (including phenoxy) is 1. The molecule has 1 fully saturated rings. The molecule has 5 rings (SSSR count). The molecule has 0 saturated heterocycles. The first-order valence-corrected chi connectivity index (χ1v) is 15.4. The number of carbonyl (C=O) groups is 1. The summed E-state index contributed by atoms with van der Waals surface area (Å²) >= 11 is 1.13. The van der Waals surface area contributed by atoms with Gasteiger partial charge in [-0.25, -0.2) is 19.0 Å². The minimum Gasteiger partial charge on any atom is -0.756 e. The number of phosphoric ester groups is 1. The molecule has 0 aromatic carbocycles. The molecule has 4 aromatic rings. The van der Waals surface area contributed by atoms with Crippen LogP contribution in [0.3, 0.4) is 0 Å². The molecule has 4 aromatic heterocycles. The van der Waals surface area contributed by atoms with Crippen molar-refractivity contribution in [2.45, 2.75) is 57.9 Å². The fourth-order valence-electron chi connectivity index (χ4n) is 4.73. The third-order valence-electron chi connectivity index (χ3n) is 6.68. The predicted octanol–water partition coefficient (Wildman–Crippen LogP) is 1.32. The Kier molecular flexibility index (Phi) is 11.5. The predicted molar refractivity (Wildman–Crippen MR) is 145 cm³/mol. The van der Waals surface area contributed by atoms with E-state index in [1.807, 2.05) is 6.92 Å². The Hall–Kier alpha value is -1.76. The summed E-state index contributed by atoms with van der Waals surface area (Å²) in [5, 5.41) is 13.1. The zero-order valence-corrected chi connectivity index (χ0v) is 28.3. The number of nitrogens with one attached hydrogen (secondary N) is 1. The number of anilines is 1. The number of rotatable bonds is 10. The van der Waals surface area contributed by atoms with Crippen LogP contribution >= 0.6 is 19.2 Å². The van der Waals surface area contributed by atoms with E-state index in [1.165, 1.54) is 29.4 Å². The van der Waals surface area contributed by atoms with Gasteiger partial charge < -0.3 is 19.8 Å². The van der Waals surface area contributed by atoms with Crippen LogP contribution in [0.15, 0.2) is 36.1 Å². The molecule has 18 heteroatoms. The zero-order valence-electron chi connectivity index (χ0n) is 23.5. The van der Waals surface area contributed by atoms with Gasteiger partial charge in [0.2, 0.25) is 5.95 Å². The number of pyridine rings is 1. The van der Waals surface area contributed by atoms with Gasteiger partial charge in [-0.2, -0.15) is 14.6 Å². The molecule has 13 nitrogen and oxygen atoms in total. The van der Waals surface area contributed by atoms with E-state index in [4.69, 9.17) is 9.63 Å². The van der Waals surface area contributed by atoms with E-state index in [-0.39, 0.29) is 86.3 Å². The molecule has 43 heavy (non-hydrogen) atoms. The Morgan fingerprint density at radius 2 is 1.98 bits per heavy atom. The maximum Gasteiger partial charge on any atom is 1.00 e. The minimum atomic E-state index is -4.98. The summed E-state index contributed by atoms with van der Waals surface area (Å²) in [6, 6.07) is 1.82. The summed E-state index contributed by atoms with van der Waals surface area (Å²) in [6.07, 6.45) is 6.63. The molecule has 0 aliphatic heterocycles. The van der Waals surface area contributed by atoms with E-state index in [0.29, 0.717) is 17.2 Å². The van der Waals surface area contributed by atoms with Gasteiger partial charge in [-0.1, -0.05) is 0 Å². The molecule has 0 spiro atoms. The molecule has 224 valence electrons. The van der Waals surface area contributed by atoms with Crippen LogP contribution in [0.4, 0.5) is 14.5 Å². The standard InChI is InChI=1S/C25H28F2N7O6PS.K/c1-3-39-17-6-4-16(5-7-17)34-12-19(23(32-34)22-18(26)8-9-21(27)31-22)29-24(35)20-13-42-25(30-20)15-10-28-33(11-15)14(2)40-41(36,37)38;/h8-14,16-17H,3-7H2,1-2H3,(H,29,35)(H2,36,37,38);/q;+1/p-1. The summed E-state index contributed by atoms with van der Waals surface area (Å²) in [5.41, 5.74) is 0.298. The third-order valence-corrected chi connectivity index (χ3v) is 8.14. The van der Waals surface area contributed by atoms with Crippen molar-refractivity contribution >= 4 is 30.8 Å². The molecule has 2 unspecified atom stereocenters. The second kappa shape index (κ2) is 14.6. The van der Waals surface area contributed by atoms with Crippen molar-refractivity contribution in [1.29, 1.82) is 0 Å². The Morgan fingerprint density at radius 1 is 1.23 bits per heavy atom. The van der Waals surface area contributed by atoms with Gasteiger partial charge in [0.05, 0.1) is 24.0 Å². The molecule has 0 radical (unpaired) electrons. The normalized spacial score (nSPS) is 18.9. The first-order valence-electron chi connectivity index (χ1n) is 13.1. The first kappa shape index (κ1) is 34.1. The van der Waals surface area contributed by atoms with Crippen LogP contribution in [0.25, 0.3) is 22.0 Å². The maximum absolute atomic E-state index is 14.7. The van der Waals surface area contributed by atoms with E-state index in [1.54, 1.807) is 10.9 Å². The Bertz CT molecular complexity index is 1620. The smallest absolute Gasteiger partial charge is 0.756 e. The van der Waals surface area contributed by atoms with Crippen LogP contribution in [-0.2, 0) is 13.8 Å². The topological polar surface area (TPSA) is 169 Å². The molecule has 1 aliphatic carbocycles. The largest absolute Gasteiger partial charge is 1.00 e. The number of halogens is 2. The Balaban J connectivity index is 0.00000423. The average molecular weight is 662 g/mol. The number of carbonyl (C=O) groups excluding carboxylic acids is 1. The number of hydrogen-bond donors (Lipinski definition) is 2. The van der Waals surface area contributed by atoms with Gasteiger partial charge in [-0.15, -0.1) is 11.3 Å². The van der Waals surface area contributed by atoms with Crippen LogP contribution in [0.5, 0.6) is 0 Å². The summed E-state index contributed by atoms with van der Waals surface area (Å²) in [5.74, 6) is -2.30. The van der Waals surface area contributed by atoms with Crippen molar-refractivity contribution in [1.82, 2.24) is 29.5 Å². The number of aromatic nitrogens is 6. The summed E-state index contributed by atoms with van der Waals surface area (Å²) in [7, 11) is -4.98. The van der Waals surface area contributed by atoms with E-state index in [9.17, 15) is 23.0 Å². The van der Waals surface area contributed by atoms with Crippen LogP contribution in [0.2, 0.25) is 0 Å². The fraction of sp³-hybridized carbons (Fsp3) is 0.400. The Morgan fingerprint density at radius 3 is 2.67 bits per heavy atom. The molecule has 1 aliphatic rings. The number of amides is 1. The SMILES string of the molecule is CCOC1CCC(n2cc(NC(=O)c3csc(-c4cnn(C(C)OP(=O)([O-])O)c4)n3)c(-c3nc(F)ccc3F)n2)CC1.[K+]. The molecule has 0 bridgehead atoms. The van der Waals surface area contributed by atoms with Gasteiger partial charge in [0.1, 0.15) is 22.1 Å². The van der Waals surface area contributed by atoms with Crippen molar-refractivity contribution in [2.24, 2.45) is 0 Å². The summed E-state index contributed by atoms with van der Waals surface area (Å²) < 4.78 is 52.8. The van der Waals surface area contributed by atoms with Crippen LogP contribution in [-0.4, -0.2) is 53.0 Å². The van der Waals surface area contributed by atoms with Gasteiger partial charge in [-0.3, -0.25) is 18.6 Å². The molecule has 2 atom stereocenters. The number of hydrogen-bond acceptors (Lipinski definition) is 10. The zero-order chi connectivity index (χ0) is 30.0. The van der Waals surface area contributed by atoms with Crippen molar-refractivity contribution in [3.8, 4) is 22.0 Å². The van der Waals surface area contributed by atoms with Crippen molar-refractivity contribution in [2.75, 3.05) is 11.9 Å². The van der Waals surface area contributed by atoms with Crippen molar-refractivity contribution < 1.29 is 88.6 Å². The number of nitrogens with zero attached hydrogens (tertiary/aromatic N) is 6. The summed E-state index contributed by atoms with van der Waals surface area (Å²) in [4.78, 5) is 41.2. The van der Waals surface area contributed by atoms with Crippen LogP contribution in [0.1, 0.15) is 62.3 Å². The van der Waals surface area contributed by atoms with Gasteiger partial charge in [0, 0.05) is 29.9 Å². The van der Waals surface area contributed by atoms with E-state index in [2.05, 4.69) is 30.0 Å². The Labute approximate surface area is 291 Å². The molecule has 4 heterocycles. The van der Waals surface area contributed by atoms with Gasteiger partial charge in [0.15, 0.2) is 12.0 Å². The quantitative estimate of drug-likeness (QED) is 0.144. The van der Waals surface area contributed by atoms with Crippen LogP contribution < -0.4 is 61.6 Å². The van der Waals surface area contributed by atoms with Gasteiger partial charge in [0.25, 0.3) is 13.7 Å². The molecular formula is C25H27F2KN7O6PS. The van der Waals surface area contributed by atoms with Crippen molar-refractivity contribution in [3.63, 3.8) is 0 Å². The van der Waals surface area contributed by atoms with Crippen molar-refractivity contribution in [3.05, 3.63) is 53.6 Å². The molecule has 1 amide bonds. The monoisotopic (exact) mass is 661 g/mol. The average Bonchev–Trinajstić information content (AvgIpc) is 3.70.